The quantitative estimate of drug-likeness (QED) is 0.864. The molecule has 114 valence electrons. The van der Waals surface area contributed by atoms with Crippen LogP contribution in [0.2, 0.25) is 0 Å². The Hall–Kier alpha value is -2.12. The van der Waals surface area contributed by atoms with E-state index in [1.807, 2.05) is 12.1 Å². The summed E-state index contributed by atoms with van der Waals surface area (Å²) in [5.41, 5.74) is 5.91. The van der Waals surface area contributed by atoms with Crippen molar-refractivity contribution >= 4 is 0 Å². The van der Waals surface area contributed by atoms with Gasteiger partial charge in [0.2, 0.25) is 0 Å². The first-order valence-corrected chi connectivity index (χ1v) is 6.37. The van der Waals surface area contributed by atoms with Crippen LogP contribution in [0.3, 0.4) is 0 Å². The Bertz CT molecular complexity index is 610. The normalized spacial score (nSPS) is 13.8. The number of ether oxygens (including phenoxy) is 3. The summed E-state index contributed by atoms with van der Waals surface area (Å²) in [4.78, 5) is 4.34. The SMILES string of the molecule is COCC(C)(N)c1noc(-c2cccc(OC)c2OC)n1. The van der Waals surface area contributed by atoms with Gasteiger partial charge in [-0.2, -0.15) is 4.98 Å². The molecule has 1 atom stereocenters. The average Bonchev–Trinajstić information content (AvgIpc) is 2.96. The zero-order valence-electron chi connectivity index (χ0n) is 12.5. The Balaban J connectivity index is 2.43. The first-order valence-electron chi connectivity index (χ1n) is 6.37. The van der Waals surface area contributed by atoms with Crippen molar-refractivity contribution in [1.29, 1.82) is 0 Å². The summed E-state index contributed by atoms with van der Waals surface area (Å²) in [6.45, 7) is 2.05. The van der Waals surface area contributed by atoms with Crippen LogP contribution in [-0.2, 0) is 10.3 Å². The van der Waals surface area contributed by atoms with Crippen molar-refractivity contribution in [1.82, 2.24) is 10.1 Å². The molecular weight excluding hydrogens is 274 g/mol. The predicted molar refractivity (Wildman–Crippen MR) is 76.3 cm³/mol. The topological polar surface area (TPSA) is 92.6 Å². The maximum absolute atomic E-state index is 6.10. The van der Waals surface area contributed by atoms with E-state index in [9.17, 15) is 0 Å². The molecule has 2 rings (SSSR count). The van der Waals surface area contributed by atoms with Gasteiger partial charge in [-0.25, -0.2) is 0 Å². The predicted octanol–water partition coefficient (Wildman–Crippen LogP) is 1.57. The van der Waals surface area contributed by atoms with Crippen LogP contribution >= 0.6 is 0 Å². The summed E-state index contributed by atoms with van der Waals surface area (Å²) in [6.07, 6.45) is 0. The molecule has 0 saturated carbocycles. The molecule has 0 aliphatic carbocycles. The molecule has 0 spiro atoms. The molecule has 0 fully saturated rings. The Kier molecular flexibility index (Phi) is 4.44. The second-order valence-electron chi connectivity index (χ2n) is 4.81. The highest BCUT2D eigenvalue weighted by atomic mass is 16.5. The lowest BCUT2D eigenvalue weighted by Crippen LogP contribution is -2.38. The molecule has 7 nitrogen and oxygen atoms in total. The van der Waals surface area contributed by atoms with E-state index in [1.165, 1.54) is 0 Å². The third-order valence-electron chi connectivity index (χ3n) is 3.01. The Morgan fingerprint density at radius 2 is 2.00 bits per heavy atom. The molecule has 1 aromatic carbocycles. The summed E-state index contributed by atoms with van der Waals surface area (Å²) in [6, 6.07) is 5.41. The summed E-state index contributed by atoms with van der Waals surface area (Å²) in [7, 11) is 4.68. The summed E-state index contributed by atoms with van der Waals surface area (Å²) < 4.78 is 21.0. The number of aromatic nitrogens is 2. The monoisotopic (exact) mass is 293 g/mol. The number of para-hydroxylation sites is 1. The van der Waals surface area contributed by atoms with Crippen molar-refractivity contribution in [2.24, 2.45) is 5.73 Å². The van der Waals surface area contributed by atoms with E-state index in [1.54, 1.807) is 34.3 Å². The number of rotatable bonds is 6. The molecule has 0 saturated heterocycles. The first kappa shape index (κ1) is 15.3. The molecule has 1 aromatic heterocycles. The minimum Gasteiger partial charge on any atom is -0.493 e. The third kappa shape index (κ3) is 2.98. The van der Waals surface area contributed by atoms with Crippen LogP contribution < -0.4 is 15.2 Å². The van der Waals surface area contributed by atoms with Gasteiger partial charge in [0.15, 0.2) is 17.3 Å². The number of nitrogens with zero attached hydrogens (tertiary/aromatic N) is 2. The minimum absolute atomic E-state index is 0.279. The molecule has 0 radical (unpaired) electrons. The first-order chi connectivity index (χ1) is 10.0. The second kappa shape index (κ2) is 6.11. The van der Waals surface area contributed by atoms with Crippen LogP contribution in [0.5, 0.6) is 11.5 Å². The van der Waals surface area contributed by atoms with Gasteiger partial charge < -0.3 is 24.5 Å². The zero-order valence-corrected chi connectivity index (χ0v) is 12.5. The van der Waals surface area contributed by atoms with E-state index in [-0.39, 0.29) is 6.61 Å². The van der Waals surface area contributed by atoms with Crippen molar-refractivity contribution < 1.29 is 18.7 Å². The maximum Gasteiger partial charge on any atom is 0.261 e. The number of hydrogen-bond donors (Lipinski definition) is 1. The van der Waals surface area contributed by atoms with Gasteiger partial charge in [0.05, 0.1) is 26.4 Å². The fourth-order valence-electron chi connectivity index (χ4n) is 1.98. The number of benzene rings is 1. The van der Waals surface area contributed by atoms with Crippen LogP contribution in [0.25, 0.3) is 11.5 Å². The van der Waals surface area contributed by atoms with Crippen molar-refractivity contribution in [3.05, 3.63) is 24.0 Å². The highest BCUT2D eigenvalue weighted by molar-refractivity contribution is 5.67. The minimum atomic E-state index is -0.831. The smallest absolute Gasteiger partial charge is 0.261 e. The lowest BCUT2D eigenvalue weighted by Gasteiger charge is -2.18. The van der Waals surface area contributed by atoms with Gasteiger partial charge in [0.25, 0.3) is 5.89 Å². The molecule has 0 aliphatic rings. The van der Waals surface area contributed by atoms with Gasteiger partial charge in [-0.1, -0.05) is 11.2 Å². The van der Waals surface area contributed by atoms with Crippen LogP contribution in [0.4, 0.5) is 0 Å². The molecule has 7 heteroatoms. The summed E-state index contributed by atoms with van der Waals surface area (Å²) >= 11 is 0. The van der Waals surface area contributed by atoms with Crippen LogP contribution in [0.1, 0.15) is 12.7 Å². The van der Waals surface area contributed by atoms with Crippen LogP contribution in [0.15, 0.2) is 22.7 Å². The van der Waals surface area contributed by atoms with Gasteiger partial charge in [-0.3, -0.25) is 0 Å². The molecule has 0 bridgehead atoms. The molecule has 21 heavy (non-hydrogen) atoms. The maximum atomic E-state index is 6.10. The summed E-state index contributed by atoms with van der Waals surface area (Å²) in [5.74, 6) is 1.79. The van der Waals surface area contributed by atoms with Gasteiger partial charge in [0.1, 0.15) is 5.54 Å². The number of methoxy groups -OCH3 is 3. The number of nitrogens with two attached hydrogens (primary N) is 1. The van der Waals surface area contributed by atoms with E-state index < -0.39 is 5.54 Å². The fourth-order valence-corrected chi connectivity index (χ4v) is 1.98. The van der Waals surface area contributed by atoms with Gasteiger partial charge in [-0.05, 0) is 19.1 Å². The van der Waals surface area contributed by atoms with Crippen molar-refractivity contribution in [2.45, 2.75) is 12.5 Å². The van der Waals surface area contributed by atoms with E-state index in [2.05, 4.69) is 10.1 Å². The van der Waals surface area contributed by atoms with Crippen LogP contribution in [0, 0.1) is 0 Å². The van der Waals surface area contributed by atoms with Gasteiger partial charge >= 0.3 is 0 Å². The number of hydrogen-bond acceptors (Lipinski definition) is 7. The van der Waals surface area contributed by atoms with Gasteiger partial charge in [0, 0.05) is 7.11 Å². The molecule has 0 amide bonds. The van der Waals surface area contributed by atoms with E-state index >= 15 is 0 Å². The van der Waals surface area contributed by atoms with Crippen LogP contribution in [-0.4, -0.2) is 38.1 Å². The van der Waals surface area contributed by atoms with Crippen molar-refractivity contribution in [3.63, 3.8) is 0 Å². The Morgan fingerprint density at radius 3 is 2.62 bits per heavy atom. The van der Waals surface area contributed by atoms with E-state index in [0.717, 1.165) is 0 Å². The molecule has 2 aromatic rings. The zero-order chi connectivity index (χ0) is 15.5. The standard InChI is InChI=1S/C14H19N3O4/c1-14(15,8-18-2)13-16-12(21-17-13)9-6-5-7-10(19-3)11(9)20-4/h5-7H,8,15H2,1-4H3. The Labute approximate surface area is 123 Å². The second-order valence-corrected chi connectivity index (χ2v) is 4.81. The molecule has 1 unspecified atom stereocenters. The fraction of sp³-hybridized carbons (Fsp3) is 0.429. The highest BCUT2D eigenvalue weighted by Gasteiger charge is 2.28. The van der Waals surface area contributed by atoms with Gasteiger partial charge in [-0.15, -0.1) is 0 Å². The van der Waals surface area contributed by atoms with E-state index in [4.69, 9.17) is 24.5 Å². The molecular formula is C14H19N3O4. The lowest BCUT2D eigenvalue weighted by atomic mass is 10.1. The lowest BCUT2D eigenvalue weighted by molar-refractivity contribution is 0.135. The Morgan fingerprint density at radius 1 is 1.24 bits per heavy atom. The highest BCUT2D eigenvalue weighted by Crippen LogP contribution is 2.37. The molecule has 1 heterocycles. The molecule has 0 aliphatic heterocycles. The molecule has 2 N–H and O–H groups in total. The average molecular weight is 293 g/mol. The van der Waals surface area contributed by atoms with E-state index in [0.29, 0.717) is 28.8 Å². The van der Waals surface area contributed by atoms with Crippen molar-refractivity contribution in [2.75, 3.05) is 27.9 Å². The van der Waals surface area contributed by atoms with Crippen molar-refractivity contribution in [3.8, 4) is 23.0 Å². The summed E-state index contributed by atoms with van der Waals surface area (Å²) in [5, 5.41) is 3.93. The largest absolute Gasteiger partial charge is 0.493 e. The third-order valence-corrected chi connectivity index (χ3v) is 3.01.